The van der Waals surface area contributed by atoms with Crippen molar-refractivity contribution in [1.82, 2.24) is 0 Å². The number of aryl methyl sites for hydroxylation is 1. The number of carboxylic acids is 1. The smallest absolute Gasteiger partial charge is 0.336 e. The van der Waals surface area contributed by atoms with E-state index < -0.39 is 12.0 Å². The maximum atomic E-state index is 11.0. The molecule has 0 radical (unpaired) electrons. The lowest BCUT2D eigenvalue weighted by Gasteiger charge is -2.16. The number of aromatic carboxylic acids is 1. The Morgan fingerprint density at radius 2 is 2.06 bits per heavy atom. The summed E-state index contributed by atoms with van der Waals surface area (Å²) in [6.07, 6.45) is 1.49. The van der Waals surface area contributed by atoms with Gasteiger partial charge in [-0.05, 0) is 25.0 Å². The van der Waals surface area contributed by atoms with E-state index in [0.717, 1.165) is 6.42 Å². The third-order valence-corrected chi connectivity index (χ3v) is 2.62. The number of hydrogen-bond acceptors (Lipinski definition) is 3. The van der Waals surface area contributed by atoms with Gasteiger partial charge in [-0.3, -0.25) is 0 Å². The van der Waals surface area contributed by atoms with Crippen molar-refractivity contribution in [1.29, 1.82) is 0 Å². The highest BCUT2D eigenvalue weighted by Crippen LogP contribution is 2.32. The van der Waals surface area contributed by atoms with Crippen LogP contribution in [-0.2, 0) is 0 Å². The number of carboxylic acid groups (broad SMARTS) is 1. The topological polar surface area (TPSA) is 83.6 Å². The van der Waals surface area contributed by atoms with Crippen LogP contribution in [0, 0.1) is 6.92 Å². The van der Waals surface area contributed by atoms with Crippen molar-refractivity contribution in [3.05, 3.63) is 28.8 Å². The Kier molecular flexibility index (Phi) is 5.99. The molecule has 1 atom stereocenters. The maximum absolute atomic E-state index is 11.0. The van der Waals surface area contributed by atoms with E-state index in [-0.39, 0.29) is 23.7 Å². The van der Waals surface area contributed by atoms with Gasteiger partial charge in [0.05, 0.1) is 5.56 Å². The van der Waals surface area contributed by atoms with Gasteiger partial charge in [-0.1, -0.05) is 19.4 Å². The molecule has 1 rings (SSSR count). The van der Waals surface area contributed by atoms with E-state index in [9.17, 15) is 9.90 Å². The fourth-order valence-electron chi connectivity index (χ4n) is 1.73. The van der Waals surface area contributed by atoms with Crippen LogP contribution in [0.2, 0.25) is 0 Å². The molecule has 0 heterocycles. The third kappa shape index (κ3) is 3.35. The van der Waals surface area contributed by atoms with E-state index in [0.29, 0.717) is 17.5 Å². The summed E-state index contributed by atoms with van der Waals surface area (Å²) in [6.45, 7) is 3.69. The molecule has 0 saturated heterocycles. The summed E-state index contributed by atoms with van der Waals surface area (Å²) in [4.78, 5) is 11.0. The number of carbonyl (C=O) groups is 1. The second-order valence-electron chi connectivity index (χ2n) is 3.89. The van der Waals surface area contributed by atoms with Crippen molar-refractivity contribution in [2.45, 2.75) is 32.7 Å². The molecule has 0 aromatic heterocycles. The van der Waals surface area contributed by atoms with Crippen LogP contribution >= 0.6 is 12.4 Å². The highest BCUT2D eigenvalue weighted by Gasteiger charge is 2.20. The van der Waals surface area contributed by atoms with Crippen LogP contribution < -0.4 is 5.73 Å². The van der Waals surface area contributed by atoms with Crippen LogP contribution in [0.3, 0.4) is 0 Å². The summed E-state index contributed by atoms with van der Waals surface area (Å²) >= 11 is 0. The van der Waals surface area contributed by atoms with E-state index in [2.05, 4.69) is 0 Å². The molecule has 17 heavy (non-hydrogen) atoms. The second kappa shape index (κ2) is 6.47. The van der Waals surface area contributed by atoms with E-state index in [1.54, 1.807) is 13.0 Å². The molecule has 0 aliphatic rings. The molecule has 0 aliphatic heterocycles. The Morgan fingerprint density at radius 3 is 2.53 bits per heavy atom. The molecular formula is C12H18ClNO3. The first-order valence-electron chi connectivity index (χ1n) is 5.30. The minimum atomic E-state index is -1.06. The highest BCUT2D eigenvalue weighted by atomic mass is 35.5. The molecule has 0 fully saturated rings. The molecule has 5 heteroatoms. The van der Waals surface area contributed by atoms with Crippen molar-refractivity contribution in [3.63, 3.8) is 0 Å². The van der Waals surface area contributed by atoms with Crippen LogP contribution in [0.5, 0.6) is 5.75 Å². The van der Waals surface area contributed by atoms with Crippen LogP contribution in [0.4, 0.5) is 0 Å². The van der Waals surface area contributed by atoms with Crippen LogP contribution in [-0.4, -0.2) is 16.2 Å². The summed E-state index contributed by atoms with van der Waals surface area (Å²) in [5.74, 6) is -1.06. The zero-order valence-corrected chi connectivity index (χ0v) is 10.8. The van der Waals surface area contributed by atoms with Gasteiger partial charge < -0.3 is 15.9 Å². The monoisotopic (exact) mass is 259 g/mol. The molecule has 0 spiro atoms. The lowest BCUT2D eigenvalue weighted by molar-refractivity contribution is 0.0694. The molecule has 0 unspecified atom stereocenters. The first-order valence-corrected chi connectivity index (χ1v) is 5.30. The minimum absolute atomic E-state index is 0. The van der Waals surface area contributed by atoms with E-state index in [4.69, 9.17) is 10.8 Å². The second-order valence-corrected chi connectivity index (χ2v) is 3.89. The van der Waals surface area contributed by atoms with Crippen molar-refractivity contribution in [2.24, 2.45) is 5.73 Å². The lowest BCUT2D eigenvalue weighted by Crippen LogP contribution is -2.15. The summed E-state index contributed by atoms with van der Waals surface area (Å²) in [7, 11) is 0. The molecule has 0 bridgehead atoms. The van der Waals surface area contributed by atoms with Gasteiger partial charge in [0.25, 0.3) is 0 Å². The first-order chi connectivity index (χ1) is 7.49. The normalized spacial score (nSPS) is 11.7. The number of rotatable bonds is 4. The number of hydrogen-bond donors (Lipinski definition) is 3. The molecular weight excluding hydrogens is 242 g/mol. The highest BCUT2D eigenvalue weighted by molar-refractivity contribution is 5.90. The first kappa shape index (κ1) is 15.7. The Balaban J connectivity index is 0.00000256. The predicted molar refractivity (Wildman–Crippen MR) is 68.9 cm³/mol. The molecule has 0 amide bonds. The Hall–Kier alpha value is -1.26. The van der Waals surface area contributed by atoms with Gasteiger partial charge in [0.15, 0.2) is 0 Å². The molecule has 0 saturated carbocycles. The molecule has 4 nitrogen and oxygen atoms in total. The fourth-order valence-corrected chi connectivity index (χ4v) is 1.73. The van der Waals surface area contributed by atoms with Gasteiger partial charge in [0.1, 0.15) is 5.75 Å². The van der Waals surface area contributed by atoms with E-state index >= 15 is 0 Å². The summed E-state index contributed by atoms with van der Waals surface area (Å²) in [5.41, 5.74) is 6.96. The predicted octanol–water partition coefficient (Wildman–Crippen LogP) is 2.62. The third-order valence-electron chi connectivity index (χ3n) is 2.62. The van der Waals surface area contributed by atoms with Crippen LogP contribution in [0.1, 0.15) is 47.3 Å². The molecule has 0 aliphatic carbocycles. The summed E-state index contributed by atoms with van der Waals surface area (Å²) in [5, 5.41) is 18.9. The molecule has 96 valence electrons. The van der Waals surface area contributed by atoms with Gasteiger partial charge in [-0.25, -0.2) is 4.79 Å². The number of nitrogens with two attached hydrogens (primary N) is 1. The average molecular weight is 260 g/mol. The summed E-state index contributed by atoms with van der Waals surface area (Å²) < 4.78 is 0. The molecule has 1 aromatic rings. The zero-order chi connectivity index (χ0) is 12.3. The van der Waals surface area contributed by atoms with Crippen molar-refractivity contribution < 1.29 is 15.0 Å². The van der Waals surface area contributed by atoms with Crippen molar-refractivity contribution >= 4 is 18.4 Å². The molecule has 4 N–H and O–H groups in total. The van der Waals surface area contributed by atoms with Gasteiger partial charge in [0, 0.05) is 11.6 Å². The Morgan fingerprint density at radius 1 is 1.47 bits per heavy atom. The number of benzene rings is 1. The van der Waals surface area contributed by atoms with Crippen LogP contribution in [0.25, 0.3) is 0 Å². The SMILES string of the molecule is CCC[C@@H](N)c1c(C(=O)O)ccc(C)c1O.Cl. The van der Waals surface area contributed by atoms with Crippen LogP contribution in [0.15, 0.2) is 12.1 Å². The quantitative estimate of drug-likeness (QED) is 0.776. The minimum Gasteiger partial charge on any atom is -0.507 e. The number of aromatic hydroxyl groups is 1. The standard InChI is InChI=1S/C12H17NO3.ClH/c1-3-4-9(13)10-8(12(15)16)6-5-7(2)11(10)14;/h5-6,9,14H,3-4,13H2,1-2H3,(H,15,16);1H/t9-;/m1./s1. The van der Waals surface area contributed by atoms with Gasteiger partial charge >= 0.3 is 5.97 Å². The van der Waals surface area contributed by atoms with E-state index in [1.165, 1.54) is 6.07 Å². The Bertz CT molecular complexity index is 407. The van der Waals surface area contributed by atoms with Gasteiger partial charge in [-0.15, -0.1) is 12.4 Å². The maximum Gasteiger partial charge on any atom is 0.336 e. The number of halogens is 1. The molecule has 1 aromatic carbocycles. The summed E-state index contributed by atoms with van der Waals surface area (Å²) in [6, 6.07) is 2.64. The van der Waals surface area contributed by atoms with Crippen molar-refractivity contribution in [2.75, 3.05) is 0 Å². The van der Waals surface area contributed by atoms with Gasteiger partial charge in [0.2, 0.25) is 0 Å². The zero-order valence-electron chi connectivity index (χ0n) is 9.93. The number of phenolic OH excluding ortho intramolecular Hbond substituents is 1. The van der Waals surface area contributed by atoms with E-state index in [1.807, 2.05) is 6.92 Å². The lowest BCUT2D eigenvalue weighted by atomic mass is 9.94. The number of phenols is 1. The van der Waals surface area contributed by atoms with Crippen molar-refractivity contribution in [3.8, 4) is 5.75 Å². The largest absolute Gasteiger partial charge is 0.507 e. The average Bonchev–Trinajstić information content (AvgIpc) is 2.21. The fraction of sp³-hybridized carbons (Fsp3) is 0.417. The van der Waals surface area contributed by atoms with Gasteiger partial charge in [-0.2, -0.15) is 0 Å². The Labute approximate surface area is 107 Å².